The van der Waals surface area contributed by atoms with E-state index in [0.29, 0.717) is 6.54 Å². The zero-order valence-corrected chi connectivity index (χ0v) is 16.2. The highest BCUT2D eigenvalue weighted by molar-refractivity contribution is 5.86. The van der Waals surface area contributed by atoms with E-state index in [9.17, 15) is 4.79 Å². The average Bonchev–Trinajstić information content (AvgIpc) is 3.33. The molecule has 0 radical (unpaired) electrons. The summed E-state index contributed by atoms with van der Waals surface area (Å²) < 4.78 is 0. The van der Waals surface area contributed by atoms with Crippen LogP contribution in [0.4, 0.5) is 0 Å². The molecule has 2 aliphatic rings. The lowest BCUT2D eigenvalue weighted by molar-refractivity contribution is -0.132. The SMILES string of the molecule is Cl.Cl.Cl.O=C(CNCC1CC1)N1CCN(Cc2ccccn2)CC1. The second-order valence-corrected chi connectivity index (χ2v) is 6.05. The lowest BCUT2D eigenvalue weighted by atomic mass is 10.2. The van der Waals surface area contributed by atoms with Gasteiger partial charge < -0.3 is 10.2 Å². The number of hydrogen-bond acceptors (Lipinski definition) is 4. The Labute approximate surface area is 162 Å². The van der Waals surface area contributed by atoms with Crippen LogP contribution in [0.3, 0.4) is 0 Å². The van der Waals surface area contributed by atoms with Crippen LogP contribution in [0.5, 0.6) is 0 Å². The number of carbonyl (C=O) groups excluding carboxylic acids is 1. The first-order valence-corrected chi connectivity index (χ1v) is 7.92. The number of pyridine rings is 1. The van der Waals surface area contributed by atoms with Crippen molar-refractivity contribution in [3.63, 3.8) is 0 Å². The maximum absolute atomic E-state index is 12.1. The molecular formula is C16H27Cl3N4O. The summed E-state index contributed by atoms with van der Waals surface area (Å²) in [5.41, 5.74) is 1.10. The fraction of sp³-hybridized carbons (Fsp3) is 0.625. The monoisotopic (exact) mass is 396 g/mol. The molecule has 24 heavy (non-hydrogen) atoms. The van der Waals surface area contributed by atoms with Crippen molar-refractivity contribution in [1.82, 2.24) is 20.1 Å². The molecule has 1 N–H and O–H groups in total. The van der Waals surface area contributed by atoms with Crippen LogP contribution < -0.4 is 5.32 Å². The molecule has 1 aromatic heterocycles. The lowest BCUT2D eigenvalue weighted by Crippen LogP contribution is -2.50. The largest absolute Gasteiger partial charge is 0.339 e. The third-order valence-corrected chi connectivity index (χ3v) is 4.24. The van der Waals surface area contributed by atoms with Gasteiger partial charge in [-0.1, -0.05) is 6.07 Å². The van der Waals surface area contributed by atoms with E-state index in [1.165, 1.54) is 12.8 Å². The predicted molar refractivity (Wildman–Crippen MR) is 103 cm³/mol. The summed E-state index contributed by atoms with van der Waals surface area (Å²) in [7, 11) is 0. The van der Waals surface area contributed by atoms with Crippen LogP contribution in [0.1, 0.15) is 18.5 Å². The summed E-state index contributed by atoms with van der Waals surface area (Å²) in [5, 5.41) is 3.28. The van der Waals surface area contributed by atoms with Crippen LogP contribution in [0.15, 0.2) is 24.4 Å². The van der Waals surface area contributed by atoms with E-state index in [4.69, 9.17) is 0 Å². The number of nitrogens with zero attached hydrogens (tertiary/aromatic N) is 3. The summed E-state index contributed by atoms with van der Waals surface area (Å²) in [6.45, 7) is 5.91. The topological polar surface area (TPSA) is 48.5 Å². The van der Waals surface area contributed by atoms with E-state index < -0.39 is 0 Å². The van der Waals surface area contributed by atoms with E-state index in [0.717, 1.165) is 50.9 Å². The van der Waals surface area contributed by atoms with Crippen LogP contribution in [0.25, 0.3) is 0 Å². The summed E-state index contributed by atoms with van der Waals surface area (Å²) in [6, 6.07) is 6.02. The molecule has 0 aromatic carbocycles. The quantitative estimate of drug-likeness (QED) is 0.797. The molecular weight excluding hydrogens is 371 g/mol. The standard InChI is InChI=1S/C16H24N4O.3ClH/c21-16(12-17-11-14-4-5-14)20-9-7-19(8-10-20)13-15-3-1-2-6-18-15;;;/h1-3,6,14,17H,4-5,7-13H2;3*1H. The smallest absolute Gasteiger partial charge is 0.236 e. The maximum Gasteiger partial charge on any atom is 0.236 e. The van der Waals surface area contributed by atoms with E-state index in [1.54, 1.807) is 0 Å². The molecule has 2 fully saturated rings. The second-order valence-electron chi connectivity index (χ2n) is 6.05. The van der Waals surface area contributed by atoms with Crippen molar-refractivity contribution in [1.29, 1.82) is 0 Å². The van der Waals surface area contributed by atoms with Crippen molar-refractivity contribution in [3.05, 3.63) is 30.1 Å². The van der Waals surface area contributed by atoms with Gasteiger partial charge in [0.2, 0.25) is 5.91 Å². The summed E-state index contributed by atoms with van der Waals surface area (Å²) in [5.74, 6) is 1.07. The molecule has 0 bridgehead atoms. The number of carbonyl (C=O) groups is 1. The molecule has 0 spiro atoms. The Morgan fingerprint density at radius 1 is 1.12 bits per heavy atom. The minimum absolute atomic E-state index is 0. The Balaban J connectivity index is 0.00000176. The molecule has 8 heteroatoms. The first-order valence-electron chi connectivity index (χ1n) is 7.92. The van der Waals surface area contributed by atoms with E-state index in [-0.39, 0.29) is 43.1 Å². The van der Waals surface area contributed by atoms with Crippen molar-refractivity contribution in [2.75, 3.05) is 39.3 Å². The minimum Gasteiger partial charge on any atom is -0.339 e. The lowest BCUT2D eigenvalue weighted by Gasteiger charge is -2.34. The van der Waals surface area contributed by atoms with Gasteiger partial charge in [-0.05, 0) is 37.4 Å². The maximum atomic E-state index is 12.1. The Morgan fingerprint density at radius 2 is 1.83 bits per heavy atom. The van der Waals surface area contributed by atoms with Gasteiger partial charge >= 0.3 is 0 Å². The van der Waals surface area contributed by atoms with Gasteiger partial charge in [0, 0.05) is 38.9 Å². The van der Waals surface area contributed by atoms with E-state index in [1.807, 2.05) is 23.2 Å². The van der Waals surface area contributed by atoms with Crippen molar-refractivity contribution in [2.45, 2.75) is 19.4 Å². The fourth-order valence-corrected chi connectivity index (χ4v) is 2.69. The number of nitrogens with one attached hydrogen (secondary N) is 1. The van der Waals surface area contributed by atoms with Gasteiger partial charge in [-0.25, -0.2) is 0 Å². The third kappa shape index (κ3) is 7.53. The second kappa shape index (κ2) is 11.9. The van der Waals surface area contributed by atoms with Gasteiger partial charge in [-0.2, -0.15) is 0 Å². The molecule has 2 heterocycles. The summed E-state index contributed by atoms with van der Waals surface area (Å²) >= 11 is 0. The number of amides is 1. The minimum atomic E-state index is 0. The van der Waals surface area contributed by atoms with Crippen molar-refractivity contribution < 1.29 is 4.79 Å². The summed E-state index contributed by atoms with van der Waals surface area (Å²) in [4.78, 5) is 20.8. The molecule has 1 saturated carbocycles. The number of piperazine rings is 1. The van der Waals surface area contributed by atoms with Gasteiger partial charge in [0.1, 0.15) is 0 Å². The van der Waals surface area contributed by atoms with Crippen molar-refractivity contribution in [3.8, 4) is 0 Å². The highest BCUT2D eigenvalue weighted by Crippen LogP contribution is 2.27. The van der Waals surface area contributed by atoms with Crippen LogP contribution in [0, 0.1) is 5.92 Å². The zero-order chi connectivity index (χ0) is 14.5. The Bertz CT molecular complexity index is 466. The normalized spacial score (nSPS) is 17.2. The predicted octanol–water partition coefficient (Wildman–Crippen LogP) is 1.99. The number of hydrogen-bond donors (Lipinski definition) is 1. The van der Waals surface area contributed by atoms with E-state index in [2.05, 4.69) is 21.3 Å². The first-order chi connectivity index (χ1) is 10.3. The molecule has 1 aliphatic carbocycles. The van der Waals surface area contributed by atoms with E-state index >= 15 is 0 Å². The van der Waals surface area contributed by atoms with Crippen LogP contribution >= 0.6 is 37.2 Å². The Morgan fingerprint density at radius 3 is 2.42 bits per heavy atom. The third-order valence-electron chi connectivity index (χ3n) is 4.24. The molecule has 0 unspecified atom stereocenters. The highest BCUT2D eigenvalue weighted by Gasteiger charge is 2.23. The molecule has 3 rings (SSSR count). The Hall–Kier alpha value is -0.590. The zero-order valence-electron chi connectivity index (χ0n) is 13.7. The fourth-order valence-electron chi connectivity index (χ4n) is 2.69. The van der Waals surface area contributed by atoms with Gasteiger partial charge in [0.25, 0.3) is 0 Å². The van der Waals surface area contributed by atoms with Crippen molar-refractivity contribution in [2.24, 2.45) is 5.92 Å². The molecule has 1 aromatic rings. The number of aromatic nitrogens is 1. The van der Waals surface area contributed by atoms with Gasteiger partial charge in [0.15, 0.2) is 0 Å². The molecule has 138 valence electrons. The molecule has 1 saturated heterocycles. The van der Waals surface area contributed by atoms with Gasteiger partial charge in [-0.3, -0.25) is 14.7 Å². The number of halogens is 3. The van der Waals surface area contributed by atoms with Crippen molar-refractivity contribution >= 4 is 43.1 Å². The summed E-state index contributed by atoms with van der Waals surface area (Å²) in [6.07, 6.45) is 4.49. The van der Waals surface area contributed by atoms with Crippen LogP contribution in [-0.2, 0) is 11.3 Å². The molecule has 5 nitrogen and oxygen atoms in total. The van der Waals surface area contributed by atoms with Crippen LogP contribution in [0.2, 0.25) is 0 Å². The molecule has 0 atom stereocenters. The van der Waals surface area contributed by atoms with Gasteiger partial charge in [0.05, 0.1) is 12.2 Å². The highest BCUT2D eigenvalue weighted by atomic mass is 35.5. The average molecular weight is 398 g/mol. The first kappa shape index (κ1) is 23.4. The van der Waals surface area contributed by atoms with Crippen LogP contribution in [-0.4, -0.2) is 60.0 Å². The van der Waals surface area contributed by atoms with Gasteiger partial charge in [-0.15, -0.1) is 37.2 Å². The Kier molecular flexibility index (Phi) is 11.6. The molecule has 1 amide bonds. The number of rotatable bonds is 6. The molecule has 1 aliphatic heterocycles.